The molecule has 0 N–H and O–H groups in total. The standard InChI is InChI=1S/C28H24Cl2N4OS/c1-19-26(27(35)34(32(19)2)22-11-7-4-8-12-22)31-28-33(16-15-20-9-5-3-6-10-20)25(18-36-28)23-14-13-21(29)17-24(23)30/h3-14,17-18H,15-16H2,1-2H3. The summed E-state index contributed by atoms with van der Waals surface area (Å²) in [5, 5.41) is 3.19. The zero-order valence-corrected chi connectivity index (χ0v) is 22.2. The molecule has 0 spiro atoms. The van der Waals surface area contributed by atoms with Crippen LogP contribution in [0.25, 0.3) is 16.9 Å². The molecule has 182 valence electrons. The highest BCUT2D eigenvalue weighted by Crippen LogP contribution is 2.31. The van der Waals surface area contributed by atoms with Crippen molar-refractivity contribution in [3.63, 3.8) is 0 Å². The maximum atomic E-state index is 13.5. The van der Waals surface area contributed by atoms with Gasteiger partial charge in [-0.2, -0.15) is 0 Å². The van der Waals surface area contributed by atoms with Crippen molar-refractivity contribution < 1.29 is 0 Å². The van der Waals surface area contributed by atoms with Crippen LogP contribution in [0, 0.1) is 6.92 Å². The van der Waals surface area contributed by atoms with Crippen molar-refractivity contribution in [2.45, 2.75) is 19.9 Å². The van der Waals surface area contributed by atoms with E-state index < -0.39 is 0 Å². The second-order valence-corrected chi connectivity index (χ2v) is 10.1. The van der Waals surface area contributed by atoms with E-state index in [1.165, 1.54) is 16.9 Å². The van der Waals surface area contributed by atoms with Gasteiger partial charge in [-0.25, -0.2) is 9.67 Å². The number of para-hydroxylation sites is 1. The van der Waals surface area contributed by atoms with Crippen molar-refractivity contribution in [3.8, 4) is 16.9 Å². The molecule has 0 radical (unpaired) electrons. The van der Waals surface area contributed by atoms with Crippen LogP contribution in [-0.4, -0.2) is 13.9 Å². The fraction of sp³-hybridized carbons (Fsp3) is 0.143. The Morgan fingerprint density at radius 3 is 2.33 bits per heavy atom. The zero-order valence-electron chi connectivity index (χ0n) is 19.9. The summed E-state index contributed by atoms with van der Waals surface area (Å²) in [5.74, 6) is 0. The number of hydrogen-bond donors (Lipinski definition) is 0. The molecule has 5 rings (SSSR count). The molecule has 0 unspecified atom stereocenters. The van der Waals surface area contributed by atoms with Gasteiger partial charge in [0.25, 0.3) is 5.56 Å². The van der Waals surface area contributed by atoms with E-state index in [2.05, 4.69) is 16.7 Å². The Hall–Kier alpha value is -3.32. The number of hydrogen-bond acceptors (Lipinski definition) is 3. The summed E-state index contributed by atoms with van der Waals surface area (Å²) in [6.45, 7) is 2.60. The number of halogens is 2. The molecule has 0 saturated heterocycles. The average molecular weight is 536 g/mol. The Bertz CT molecular complexity index is 1650. The number of aromatic nitrogens is 3. The van der Waals surface area contributed by atoms with Gasteiger partial charge in [0.1, 0.15) is 0 Å². The van der Waals surface area contributed by atoms with E-state index in [-0.39, 0.29) is 5.56 Å². The summed E-state index contributed by atoms with van der Waals surface area (Å²) in [5.41, 5.74) is 4.88. The van der Waals surface area contributed by atoms with Crippen molar-refractivity contribution in [1.29, 1.82) is 0 Å². The molecule has 36 heavy (non-hydrogen) atoms. The molecule has 2 aromatic heterocycles. The van der Waals surface area contributed by atoms with Gasteiger partial charge in [-0.3, -0.25) is 9.48 Å². The topological polar surface area (TPSA) is 44.2 Å². The predicted octanol–water partition coefficient (Wildman–Crippen LogP) is 6.80. The van der Waals surface area contributed by atoms with Crippen LogP contribution < -0.4 is 10.4 Å². The molecule has 0 atom stereocenters. The smallest absolute Gasteiger partial charge is 0.297 e. The monoisotopic (exact) mass is 534 g/mol. The summed E-state index contributed by atoms with van der Waals surface area (Å²) < 4.78 is 5.62. The summed E-state index contributed by atoms with van der Waals surface area (Å²) >= 11 is 14.2. The van der Waals surface area contributed by atoms with Crippen LogP contribution >= 0.6 is 34.5 Å². The third-order valence-corrected chi connectivity index (χ3v) is 7.61. The Morgan fingerprint density at radius 1 is 0.944 bits per heavy atom. The molecule has 3 aromatic carbocycles. The lowest BCUT2D eigenvalue weighted by molar-refractivity contribution is 0.630. The lowest BCUT2D eigenvalue weighted by Crippen LogP contribution is -2.20. The van der Waals surface area contributed by atoms with Gasteiger partial charge in [0, 0.05) is 29.6 Å². The number of aryl methyl sites for hydroxylation is 1. The van der Waals surface area contributed by atoms with E-state index in [1.807, 2.05) is 84.7 Å². The quantitative estimate of drug-likeness (QED) is 0.236. The van der Waals surface area contributed by atoms with Gasteiger partial charge in [-0.1, -0.05) is 71.7 Å². The minimum absolute atomic E-state index is 0.157. The van der Waals surface area contributed by atoms with Gasteiger partial charge in [-0.15, -0.1) is 11.3 Å². The number of benzene rings is 3. The maximum absolute atomic E-state index is 13.5. The summed E-state index contributed by atoms with van der Waals surface area (Å²) in [6, 6.07) is 25.4. The van der Waals surface area contributed by atoms with Gasteiger partial charge in [0.15, 0.2) is 10.5 Å². The molecule has 0 saturated carbocycles. The molecule has 5 aromatic rings. The molecule has 2 heterocycles. The highest BCUT2D eigenvalue weighted by atomic mass is 35.5. The lowest BCUT2D eigenvalue weighted by atomic mass is 10.1. The van der Waals surface area contributed by atoms with Crippen LogP contribution in [0.4, 0.5) is 5.69 Å². The Kier molecular flexibility index (Phi) is 7.01. The van der Waals surface area contributed by atoms with Crippen molar-refractivity contribution in [1.82, 2.24) is 13.9 Å². The van der Waals surface area contributed by atoms with Crippen LogP contribution in [-0.2, 0) is 20.0 Å². The summed E-state index contributed by atoms with van der Waals surface area (Å²) in [6.07, 6.45) is 0.811. The second-order valence-electron chi connectivity index (χ2n) is 8.44. The molecular weight excluding hydrogens is 511 g/mol. The van der Waals surface area contributed by atoms with E-state index in [1.54, 1.807) is 10.7 Å². The SMILES string of the molecule is Cc1c(N=c2scc(-c3ccc(Cl)cc3Cl)n2CCc2ccccc2)c(=O)n(-c2ccccc2)n1C. The number of thiazole rings is 1. The third-order valence-electron chi connectivity index (χ3n) is 6.20. The van der Waals surface area contributed by atoms with Crippen LogP contribution in [0.2, 0.25) is 10.0 Å². The number of rotatable bonds is 6. The van der Waals surface area contributed by atoms with Gasteiger partial charge in [0.2, 0.25) is 0 Å². The van der Waals surface area contributed by atoms with Crippen molar-refractivity contribution in [2.75, 3.05) is 0 Å². The molecule has 0 fully saturated rings. The first-order valence-corrected chi connectivity index (χ1v) is 13.1. The highest BCUT2D eigenvalue weighted by Gasteiger charge is 2.17. The van der Waals surface area contributed by atoms with E-state index in [9.17, 15) is 4.79 Å². The Morgan fingerprint density at radius 2 is 1.64 bits per heavy atom. The molecule has 0 amide bonds. The molecule has 5 nitrogen and oxygen atoms in total. The largest absolute Gasteiger partial charge is 0.316 e. The van der Waals surface area contributed by atoms with Gasteiger partial charge < -0.3 is 4.57 Å². The molecule has 0 aliphatic heterocycles. The summed E-state index contributed by atoms with van der Waals surface area (Å²) in [4.78, 5) is 19.1. The minimum atomic E-state index is -0.157. The van der Waals surface area contributed by atoms with Crippen LogP contribution in [0.3, 0.4) is 0 Å². The Balaban J connectivity index is 1.66. The highest BCUT2D eigenvalue weighted by molar-refractivity contribution is 7.07. The van der Waals surface area contributed by atoms with Crippen LogP contribution in [0.1, 0.15) is 11.3 Å². The van der Waals surface area contributed by atoms with Gasteiger partial charge in [-0.05, 0) is 49.2 Å². The zero-order chi connectivity index (χ0) is 25.2. The average Bonchev–Trinajstić information content (AvgIpc) is 3.37. The molecule has 0 bridgehead atoms. The lowest BCUT2D eigenvalue weighted by Gasteiger charge is -2.11. The minimum Gasteiger partial charge on any atom is -0.316 e. The van der Waals surface area contributed by atoms with Crippen molar-refractivity contribution in [3.05, 3.63) is 121 Å². The van der Waals surface area contributed by atoms with E-state index in [0.29, 0.717) is 22.3 Å². The van der Waals surface area contributed by atoms with E-state index >= 15 is 0 Å². The molecule has 0 aliphatic carbocycles. The molecule has 8 heteroatoms. The maximum Gasteiger partial charge on any atom is 0.297 e. The second kappa shape index (κ2) is 10.3. The predicted molar refractivity (Wildman–Crippen MR) is 149 cm³/mol. The van der Waals surface area contributed by atoms with Crippen LogP contribution in [0.5, 0.6) is 0 Å². The van der Waals surface area contributed by atoms with E-state index in [4.69, 9.17) is 28.2 Å². The fourth-order valence-corrected chi connectivity index (χ4v) is 5.65. The first kappa shape index (κ1) is 24.4. The fourth-order valence-electron chi connectivity index (χ4n) is 4.21. The first-order valence-electron chi connectivity index (χ1n) is 11.5. The van der Waals surface area contributed by atoms with E-state index in [0.717, 1.165) is 33.9 Å². The number of nitrogens with zero attached hydrogens (tertiary/aromatic N) is 4. The third kappa shape index (κ3) is 4.72. The van der Waals surface area contributed by atoms with Crippen molar-refractivity contribution in [2.24, 2.45) is 12.0 Å². The van der Waals surface area contributed by atoms with Crippen molar-refractivity contribution >= 4 is 40.2 Å². The van der Waals surface area contributed by atoms with Gasteiger partial charge >= 0.3 is 0 Å². The summed E-state index contributed by atoms with van der Waals surface area (Å²) in [7, 11) is 1.87. The molecular formula is C28H24Cl2N4OS. The normalized spacial score (nSPS) is 11.8. The van der Waals surface area contributed by atoms with Gasteiger partial charge in [0.05, 0.1) is 22.1 Å². The van der Waals surface area contributed by atoms with Crippen LogP contribution in [0.15, 0.2) is 94.0 Å². The first-order chi connectivity index (χ1) is 17.4. The Labute approximate surface area is 223 Å². The molecule has 0 aliphatic rings.